The number of hydrogen-bond donors (Lipinski definition) is 0. The van der Waals surface area contributed by atoms with E-state index >= 15 is 0 Å². The van der Waals surface area contributed by atoms with Crippen LogP contribution in [0, 0.1) is 6.92 Å². The maximum atomic E-state index is 4.33. The first-order chi connectivity index (χ1) is 5.59. The summed E-state index contributed by atoms with van der Waals surface area (Å²) >= 11 is 5.27. The number of rotatable bonds is 2. The zero-order chi connectivity index (χ0) is 9.14. The first kappa shape index (κ1) is 10.1. The molecule has 1 aromatic heterocycles. The van der Waals surface area contributed by atoms with Gasteiger partial charge in [-0.3, -0.25) is 0 Å². The van der Waals surface area contributed by atoms with Crippen LogP contribution in [0.3, 0.4) is 0 Å². The first-order valence-electron chi connectivity index (χ1n) is 3.88. The van der Waals surface area contributed by atoms with E-state index in [1.165, 1.54) is 5.56 Å². The van der Waals surface area contributed by atoms with Crippen LogP contribution in [0.5, 0.6) is 0 Å². The minimum Gasteiger partial charge on any atom is -0.248 e. The van der Waals surface area contributed by atoms with Crippen LogP contribution in [0.15, 0.2) is 21.8 Å². The van der Waals surface area contributed by atoms with Gasteiger partial charge >= 0.3 is 0 Å². The van der Waals surface area contributed by atoms with Crippen LogP contribution in [0.1, 0.15) is 19.4 Å². The van der Waals surface area contributed by atoms with E-state index in [9.17, 15) is 0 Å². The molecule has 1 heterocycles. The van der Waals surface area contributed by atoms with Crippen molar-refractivity contribution in [2.75, 3.05) is 0 Å². The number of thioether (sulfide) groups is 1. The van der Waals surface area contributed by atoms with Crippen LogP contribution < -0.4 is 0 Å². The van der Waals surface area contributed by atoms with Crippen molar-refractivity contribution < 1.29 is 0 Å². The van der Waals surface area contributed by atoms with Crippen molar-refractivity contribution in [1.82, 2.24) is 4.98 Å². The molecule has 0 fully saturated rings. The smallest absolute Gasteiger partial charge is 0.110 e. The quantitative estimate of drug-likeness (QED) is 0.739. The lowest BCUT2D eigenvalue weighted by molar-refractivity contribution is 1.05. The van der Waals surface area contributed by atoms with Crippen molar-refractivity contribution in [1.29, 1.82) is 0 Å². The van der Waals surface area contributed by atoms with E-state index in [1.54, 1.807) is 11.8 Å². The number of aromatic nitrogens is 1. The normalized spacial score (nSPS) is 10.8. The number of pyridine rings is 1. The minimum absolute atomic E-state index is 0.580. The van der Waals surface area contributed by atoms with E-state index in [0.29, 0.717) is 5.25 Å². The van der Waals surface area contributed by atoms with Crippen LogP contribution in [0.4, 0.5) is 0 Å². The largest absolute Gasteiger partial charge is 0.248 e. The molecule has 12 heavy (non-hydrogen) atoms. The molecule has 1 aromatic rings. The lowest BCUT2D eigenvalue weighted by Gasteiger charge is -2.05. The number of aryl methyl sites for hydroxylation is 1. The maximum absolute atomic E-state index is 4.33. The van der Waals surface area contributed by atoms with E-state index in [0.717, 1.165) is 9.50 Å². The SMILES string of the molecule is Cc1cnc(SC(C)C)c(Br)c1. The summed E-state index contributed by atoms with van der Waals surface area (Å²) in [5, 5.41) is 1.66. The molecule has 0 bridgehead atoms. The molecule has 0 saturated heterocycles. The lowest BCUT2D eigenvalue weighted by atomic mass is 10.3. The molecule has 66 valence electrons. The van der Waals surface area contributed by atoms with Crippen molar-refractivity contribution in [2.24, 2.45) is 0 Å². The summed E-state index contributed by atoms with van der Waals surface area (Å²) in [7, 11) is 0. The van der Waals surface area contributed by atoms with Gasteiger partial charge in [-0.1, -0.05) is 13.8 Å². The second-order valence-corrected chi connectivity index (χ2v) is 5.39. The third-order valence-corrected chi connectivity index (χ3v) is 3.18. The molecular formula is C9H12BrNS. The average Bonchev–Trinajstić information content (AvgIpc) is 1.94. The molecule has 1 nitrogen and oxygen atoms in total. The molecule has 0 atom stereocenters. The van der Waals surface area contributed by atoms with Gasteiger partial charge in [-0.2, -0.15) is 0 Å². The molecule has 3 heteroatoms. The third-order valence-electron chi connectivity index (χ3n) is 1.29. The fourth-order valence-electron chi connectivity index (χ4n) is 0.831. The van der Waals surface area contributed by atoms with Gasteiger partial charge in [0.15, 0.2) is 0 Å². The van der Waals surface area contributed by atoms with E-state index < -0.39 is 0 Å². The Bertz CT molecular complexity index is 273. The molecule has 0 aliphatic heterocycles. The molecule has 0 aliphatic carbocycles. The van der Waals surface area contributed by atoms with Crippen molar-refractivity contribution >= 4 is 27.7 Å². The summed E-state index contributed by atoms with van der Waals surface area (Å²) in [4.78, 5) is 4.33. The van der Waals surface area contributed by atoms with Gasteiger partial charge in [0.1, 0.15) is 5.03 Å². The van der Waals surface area contributed by atoms with Gasteiger partial charge in [0.05, 0.1) is 4.47 Å². The first-order valence-corrected chi connectivity index (χ1v) is 5.55. The van der Waals surface area contributed by atoms with Crippen LogP contribution >= 0.6 is 27.7 Å². The molecule has 0 radical (unpaired) electrons. The second-order valence-electron chi connectivity index (χ2n) is 2.97. The van der Waals surface area contributed by atoms with Crippen LogP contribution in [-0.4, -0.2) is 10.2 Å². The highest BCUT2D eigenvalue weighted by Gasteiger charge is 2.04. The molecular weight excluding hydrogens is 234 g/mol. The summed E-state index contributed by atoms with van der Waals surface area (Å²) in [6.07, 6.45) is 1.90. The summed E-state index contributed by atoms with van der Waals surface area (Å²) < 4.78 is 1.10. The zero-order valence-corrected chi connectivity index (χ0v) is 9.87. The van der Waals surface area contributed by atoms with E-state index in [1.807, 2.05) is 13.1 Å². The Morgan fingerprint density at radius 3 is 2.67 bits per heavy atom. The Kier molecular flexibility index (Phi) is 3.59. The predicted octanol–water partition coefficient (Wildman–Crippen LogP) is 3.65. The van der Waals surface area contributed by atoms with Crippen molar-refractivity contribution in [3.8, 4) is 0 Å². The molecule has 0 N–H and O–H groups in total. The maximum Gasteiger partial charge on any atom is 0.110 e. The summed E-state index contributed by atoms with van der Waals surface area (Å²) in [5.41, 5.74) is 1.19. The molecule has 0 aliphatic rings. The van der Waals surface area contributed by atoms with E-state index in [4.69, 9.17) is 0 Å². The predicted molar refractivity (Wildman–Crippen MR) is 57.7 cm³/mol. The standard InChI is InChI=1S/C9H12BrNS/c1-6(2)12-9-8(10)4-7(3)5-11-9/h4-6H,1-3H3. The number of halogens is 1. The Labute approximate surface area is 86.1 Å². The number of nitrogens with zero attached hydrogens (tertiary/aromatic N) is 1. The number of hydrogen-bond acceptors (Lipinski definition) is 2. The molecule has 0 aromatic carbocycles. The van der Waals surface area contributed by atoms with Crippen molar-refractivity contribution in [3.63, 3.8) is 0 Å². The summed E-state index contributed by atoms with van der Waals surface area (Å²) in [6, 6.07) is 2.09. The van der Waals surface area contributed by atoms with Gasteiger partial charge in [-0.25, -0.2) is 4.98 Å². The van der Waals surface area contributed by atoms with Gasteiger partial charge in [0.2, 0.25) is 0 Å². The average molecular weight is 246 g/mol. The molecule has 1 rings (SSSR count). The molecule has 0 amide bonds. The van der Waals surface area contributed by atoms with Gasteiger partial charge in [0, 0.05) is 11.4 Å². The topological polar surface area (TPSA) is 12.9 Å². The van der Waals surface area contributed by atoms with E-state index in [-0.39, 0.29) is 0 Å². The third kappa shape index (κ3) is 2.79. The Morgan fingerprint density at radius 2 is 2.17 bits per heavy atom. The fraction of sp³-hybridized carbons (Fsp3) is 0.444. The summed E-state index contributed by atoms with van der Waals surface area (Å²) in [5.74, 6) is 0. The Morgan fingerprint density at radius 1 is 1.50 bits per heavy atom. The Hall–Kier alpha value is -0.0200. The van der Waals surface area contributed by atoms with Crippen molar-refractivity contribution in [2.45, 2.75) is 31.0 Å². The highest BCUT2D eigenvalue weighted by Crippen LogP contribution is 2.28. The van der Waals surface area contributed by atoms with E-state index in [2.05, 4.69) is 40.8 Å². The minimum atomic E-state index is 0.580. The van der Waals surface area contributed by atoms with Gasteiger partial charge in [-0.05, 0) is 34.5 Å². The fourth-order valence-corrected chi connectivity index (χ4v) is 2.31. The summed E-state index contributed by atoms with van der Waals surface area (Å²) in [6.45, 7) is 6.37. The highest BCUT2D eigenvalue weighted by atomic mass is 79.9. The second kappa shape index (κ2) is 4.28. The molecule has 0 unspecified atom stereocenters. The van der Waals surface area contributed by atoms with Gasteiger partial charge < -0.3 is 0 Å². The van der Waals surface area contributed by atoms with Crippen LogP contribution in [0.25, 0.3) is 0 Å². The lowest BCUT2D eigenvalue weighted by Crippen LogP contribution is -1.90. The zero-order valence-electron chi connectivity index (χ0n) is 7.47. The molecule has 0 spiro atoms. The van der Waals surface area contributed by atoms with Crippen molar-refractivity contribution in [3.05, 3.63) is 22.3 Å². The van der Waals surface area contributed by atoms with Gasteiger partial charge in [-0.15, -0.1) is 11.8 Å². The monoisotopic (exact) mass is 245 g/mol. The Balaban J connectivity index is 2.86. The highest BCUT2D eigenvalue weighted by molar-refractivity contribution is 9.10. The van der Waals surface area contributed by atoms with Crippen LogP contribution in [-0.2, 0) is 0 Å². The molecule has 0 saturated carbocycles. The van der Waals surface area contributed by atoms with Crippen LogP contribution in [0.2, 0.25) is 0 Å². The van der Waals surface area contributed by atoms with Gasteiger partial charge in [0.25, 0.3) is 0 Å².